The van der Waals surface area contributed by atoms with Crippen LogP contribution in [0.5, 0.6) is 0 Å². The number of nitriles is 1. The average molecular weight is 547 g/mol. The Morgan fingerprint density at radius 1 is 1.27 bits per heavy atom. The van der Waals surface area contributed by atoms with E-state index in [-0.39, 0.29) is 26.7 Å². The van der Waals surface area contributed by atoms with E-state index in [1.807, 2.05) is 17.9 Å². The number of nitrogens with zero attached hydrogens (tertiary/aromatic N) is 4. The first-order valence-electron chi connectivity index (χ1n) is 12.2. The molecule has 0 radical (unpaired) electrons. The number of hydrogen-bond donors (Lipinski definition) is 1. The van der Waals surface area contributed by atoms with Gasteiger partial charge in [-0.1, -0.05) is 37.3 Å². The first-order chi connectivity index (χ1) is 17.6. The Bertz CT molecular complexity index is 1240. The van der Waals surface area contributed by atoms with Crippen LogP contribution in [0.2, 0.25) is 0 Å². The number of thioether (sulfide) groups is 1. The first-order valence-corrected chi connectivity index (χ1v) is 13.4. The highest BCUT2D eigenvalue weighted by molar-refractivity contribution is 8.26. The van der Waals surface area contributed by atoms with E-state index in [4.69, 9.17) is 22.1 Å². The normalized spacial score (nSPS) is 17.4. The molecule has 1 aromatic heterocycles. The third-order valence-corrected chi connectivity index (χ3v) is 7.82. The van der Waals surface area contributed by atoms with E-state index in [2.05, 4.69) is 0 Å². The van der Waals surface area contributed by atoms with Gasteiger partial charge in [-0.2, -0.15) is 5.26 Å². The van der Waals surface area contributed by atoms with E-state index < -0.39 is 24.0 Å². The zero-order valence-corrected chi connectivity index (χ0v) is 22.7. The van der Waals surface area contributed by atoms with Crippen LogP contribution in [0, 0.1) is 24.2 Å². The van der Waals surface area contributed by atoms with Crippen molar-refractivity contribution in [1.29, 1.82) is 5.26 Å². The maximum Gasteiger partial charge on any atom is 0.323 e. The summed E-state index contributed by atoms with van der Waals surface area (Å²) in [6.07, 6.45) is 4.22. The Kier molecular flexibility index (Phi) is 9.50. The van der Waals surface area contributed by atoms with Crippen molar-refractivity contribution in [2.75, 3.05) is 31.1 Å². The standard InChI is InChI=1S/C25H30N4O6S2/c1-4-6-9-28-21(27-10-7-16(8-11-27)24(34)35-5-2)17(15(3)18(13-26)22(28)32)12-19-23(33)29(14-20(30)31)25(36)37-19/h12,16H,4-11,14H2,1-3H3,(H,30,31). The van der Waals surface area contributed by atoms with Gasteiger partial charge in [0.25, 0.3) is 11.5 Å². The van der Waals surface area contributed by atoms with Crippen molar-refractivity contribution in [3.05, 3.63) is 31.9 Å². The number of hydrogen-bond acceptors (Lipinski definition) is 9. The maximum absolute atomic E-state index is 13.4. The van der Waals surface area contributed by atoms with E-state index in [0.717, 1.165) is 23.1 Å². The number of amides is 1. The van der Waals surface area contributed by atoms with Gasteiger partial charge >= 0.3 is 11.9 Å². The van der Waals surface area contributed by atoms with Gasteiger partial charge in [0.2, 0.25) is 0 Å². The summed E-state index contributed by atoms with van der Waals surface area (Å²) in [6.45, 7) is 6.57. The van der Waals surface area contributed by atoms with Crippen LogP contribution < -0.4 is 10.5 Å². The van der Waals surface area contributed by atoms with Gasteiger partial charge in [-0.15, -0.1) is 0 Å². The smallest absolute Gasteiger partial charge is 0.323 e. The lowest BCUT2D eigenvalue weighted by Gasteiger charge is -2.35. The van der Waals surface area contributed by atoms with Crippen molar-refractivity contribution >= 4 is 58.0 Å². The number of carbonyl (C=O) groups is 3. The minimum Gasteiger partial charge on any atom is -0.480 e. The Balaban J connectivity index is 2.13. The van der Waals surface area contributed by atoms with Crippen LogP contribution in [-0.2, 0) is 25.7 Å². The summed E-state index contributed by atoms with van der Waals surface area (Å²) in [5.41, 5.74) is 0.573. The summed E-state index contributed by atoms with van der Waals surface area (Å²) in [5, 5.41) is 19.0. The first kappa shape index (κ1) is 28.4. The minimum absolute atomic E-state index is 0.00599. The number of carbonyl (C=O) groups excluding carboxylic acids is 2. The second kappa shape index (κ2) is 12.4. The molecule has 0 spiro atoms. The highest BCUT2D eigenvalue weighted by atomic mass is 32.2. The lowest BCUT2D eigenvalue weighted by atomic mass is 9.95. The quantitative estimate of drug-likeness (QED) is 0.280. The summed E-state index contributed by atoms with van der Waals surface area (Å²) in [7, 11) is 0. The number of anilines is 1. The molecule has 0 aliphatic carbocycles. The van der Waals surface area contributed by atoms with Crippen molar-refractivity contribution in [2.45, 2.75) is 53.0 Å². The van der Waals surface area contributed by atoms with Crippen molar-refractivity contribution < 1.29 is 24.2 Å². The Morgan fingerprint density at radius 2 is 1.95 bits per heavy atom. The number of carboxylic acid groups (broad SMARTS) is 1. The number of rotatable bonds is 9. The minimum atomic E-state index is -1.18. The molecule has 0 unspecified atom stereocenters. The molecule has 12 heteroatoms. The molecule has 198 valence electrons. The number of pyridine rings is 1. The lowest BCUT2D eigenvalue weighted by Crippen LogP contribution is -2.41. The van der Waals surface area contributed by atoms with Crippen LogP contribution >= 0.6 is 24.0 Å². The number of carboxylic acids is 1. The van der Waals surface area contributed by atoms with Crippen LogP contribution in [0.1, 0.15) is 56.2 Å². The van der Waals surface area contributed by atoms with Gasteiger partial charge in [0.05, 0.1) is 17.4 Å². The van der Waals surface area contributed by atoms with Gasteiger partial charge in [0, 0.05) is 25.2 Å². The molecule has 3 rings (SSSR count). The van der Waals surface area contributed by atoms with Gasteiger partial charge in [-0.05, 0) is 44.7 Å². The molecule has 3 heterocycles. The molecule has 1 amide bonds. The number of aliphatic carboxylic acids is 1. The molecule has 1 N–H and O–H groups in total. The monoisotopic (exact) mass is 546 g/mol. The Labute approximate surface area is 224 Å². The van der Waals surface area contributed by atoms with E-state index in [1.165, 1.54) is 0 Å². The fourth-order valence-corrected chi connectivity index (χ4v) is 5.74. The summed E-state index contributed by atoms with van der Waals surface area (Å²) in [6, 6.07) is 2.02. The van der Waals surface area contributed by atoms with Gasteiger partial charge in [0.1, 0.15) is 28.3 Å². The largest absolute Gasteiger partial charge is 0.480 e. The van der Waals surface area contributed by atoms with Crippen molar-refractivity contribution in [3.8, 4) is 6.07 Å². The van der Waals surface area contributed by atoms with Crippen LogP contribution in [0.15, 0.2) is 9.70 Å². The number of esters is 1. The highest BCUT2D eigenvalue weighted by Crippen LogP contribution is 2.37. The van der Waals surface area contributed by atoms with Crippen LogP contribution in [0.25, 0.3) is 6.08 Å². The number of ether oxygens (including phenoxy) is 1. The average Bonchev–Trinajstić information content (AvgIpc) is 3.12. The van der Waals surface area contributed by atoms with E-state index in [0.29, 0.717) is 62.4 Å². The molecule has 2 saturated heterocycles. The molecule has 0 saturated carbocycles. The molecule has 37 heavy (non-hydrogen) atoms. The number of unbranched alkanes of at least 4 members (excludes halogenated alkanes) is 1. The van der Waals surface area contributed by atoms with Gasteiger partial charge in [-0.25, -0.2) is 0 Å². The van der Waals surface area contributed by atoms with Crippen LogP contribution in [-0.4, -0.2) is 63.0 Å². The molecular formula is C25H30N4O6S2. The molecule has 2 fully saturated rings. The van der Waals surface area contributed by atoms with E-state index in [9.17, 15) is 24.4 Å². The van der Waals surface area contributed by atoms with E-state index >= 15 is 0 Å². The van der Waals surface area contributed by atoms with Gasteiger partial charge in [0.15, 0.2) is 0 Å². The van der Waals surface area contributed by atoms with E-state index in [1.54, 1.807) is 24.5 Å². The molecule has 2 aliphatic rings. The van der Waals surface area contributed by atoms with Crippen molar-refractivity contribution in [1.82, 2.24) is 9.47 Å². The number of thiocarbonyl (C=S) groups is 1. The summed E-state index contributed by atoms with van der Waals surface area (Å²) in [4.78, 5) is 53.1. The Hall–Kier alpha value is -3.17. The van der Waals surface area contributed by atoms with Crippen molar-refractivity contribution in [3.63, 3.8) is 0 Å². The number of aromatic nitrogens is 1. The molecule has 2 aliphatic heterocycles. The third kappa shape index (κ3) is 6.05. The fourth-order valence-electron chi connectivity index (χ4n) is 4.50. The molecule has 0 atom stereocenters. The SMILES string of the molecule is CCCCn1c(N2CCC(C(=O)OCC)CC2)c(C=C2SC(=S)N(CC(=O)O)C2=O)c(C)c(C#N)c1=O. The lowest BCUT2D eigenvalue weighted by molar-refractivity contribution is -0.148. The zero-order chi connectivity index (χ0) is 27.3. The summed E-state index contributed by atoms with van der Waals surface area (Å²) in [5.74, 6) is -1.60. The molecule has 1 aromatic rings. The predicted molar refractivity (Wildman–Crippen MR) is 144 cm³/mol. The third-order valence-electron chi connectivity index (χ3n) is 6.44. The van der Waals surface area contributed by atoms with Gasteiger partial charge in [-0.3, -0.25) is 28.6 Å². The Morgan fingerprint density at radius 3 is 2.51 bits per heavy atom. The highest BCUT2D eigenvalue weighted by Gasteiger charge is 2.35. The maximum atomic E-state index is 13.4. The second-order valence-electron chi connectivity index (χ2n) is 8.83. The molecular weight excluding hydrogens is 516 g/mol. The van der Waals surface area contributed by atoms with Crippen molar-refractivity contribution in [2.24, 2.45) is 5.92 Å². The number of piperidine rings is 1. The molecule has 10 nitrogen and oxygen atoms in total. The van der Waals surface area contributed by atoms with Crippen LogP contribution in [0.4, 0.5) is 5.82 Å². The fraction of sp³-hybridized carbons (Fsp3) is 0.520. The topological polar surface area (TPSA) is 133 Å². The summed E-state index contributed by atoms with van der Waals surface area (Å²) < 4.78 is 6.90. The summed E-state index contributed by atoms with van der Waals surface area (Å²) >= 11 is 6.22. The molecule has 0 aromatic carbocycles. The van der Waals surface area contributed by atoms with Crippen LogP contribution in [0.3, 0.4) is 0 Å². The van der Waals surface area contributed by atoms with Gasteiger partial charge < -0.3 is 14.7 Å². The second-order valence-corrected chi connectivity index (χ2v) is 10.5. The molecule has 0 bridgehead atoms. The zero-order valence-electron chi connectivity index (χ0n) is 21.1. The predicted octanol–water partition coefficient (Wildman–Crippen LogP) is 2.89.